The predicted octanol–water partition coefficient (Wildman–Crippen LogP) is 3.97. The number of benzene rings is 2. The van der Waals surface area contributed by atoms with Crippen LogP contribution in [0.4, 0.5) is 5.69 Å². The lowest BCUT2D eigenvalue weighted by molar-refractivity contribution is 0.415. The minimum Gasteiger partial charge on any atom is -0.497 e. The summed E-state index contributed by atoms with van der Waals surface area (Å²) in [7, 11) is 1.65. The highest BCUT2D eigenvalue weighted by Crippen LogP contribution is 2.18. The van der Waals surface area contributed by atoms with Gasteiger partial charge in [0.2, 0.25) is 0 Å². The molecular formula is C20H22N4O. The van der Waals surface area contributed by atoms with Gasteiger partial charge in [0.25, 0.3) is 0 Å². The van der Waals surface area contributed by atoms with E-state index in [-0.39, 0.29) is 5.54 Å². The summed E-state index contributed by atoms with van der Waals surface area (Å²) >= 11 is 0. The Morgan fingerprint density at radius 3 is 2.20 bits per heavy atom. The highest BCUT2D eigenvalue weighted by molar-refractivity contribution is 6.48. The monoisotopic (exact) mass is 334 g/mol. The average molecular weight is 334 g/mol. The highest BCUT2D eigenvalue weighted by atomic mass is 16.5. The van der Waals surface area contributed by atoms with Crippen molar-refractivity contribution in [2.24, 2.45) is 15.0 Å². The Bertz CT molecular complexity index is 828. The second-order valence-corrected chi connectivity index (χ2v) is 6.77. The lowest BCUT2D eigenvalue weighted by Gasteiger charge is -2.21. The molecule has 0 fully saturated rings. The van der Waals surface area contributed by atoms with Crippen molar-refractivity contribution < 1.29 is 4.74 Å². The Morgan fingerprint density at radius 2 is 1.60 bits per heavy atom. The van der Waals surface area contributed by atoms with Crippen LogP contribution in [0.3, 0.4) is 0 Å². The second-order valence-electron chi connectivity index (χ2n) is 6.77. The summed E-state index contributed by atoms with van der Waals surface area (Å²) in [4.78, 5) is 13.9. The van der Waals surface area contributed by atoms with Crippen LogP contribution in [-0.2, 0) is 0 Å². The van der Waals surface area contributed by atoms with Gasteiger partial charge in [-0.25, -0.2) is 15.0 Å². The molecule has 1 N–H and O–H groups in total. The van der Waals surface area contributed by atoms with Gasteiger partial charge in [-0.05, 0) is 57.2 Å². The molecule has 2 aromatic carbocycles. The van der Waals surface area contributed by atoms with Gasteiger partial charge in [0.15, 0.2) is 17.5 Å². The van der Waals surface area contributed by atoms with Crippen molar-refractivity contribution in [2.75, 3.05) is 7.11 Å². The summed E-state index contributed by atoms with van der Waals surface area (Å²) in [5.41, 5.74) is 1.63. The molecular weight excluding hydrogens is 312 g/mol. The molecule has 0 unspecified atom stereocenters. The van der Waals surface area contributed by atoms with E-state index < -0.39 is 0 Å². The van der Waals surface area contributed by atoms with Gasteiger partial charge in [-0.3, -0.25) is 0 Å². The summed E-state index contributed by atoms with van der Waals surface area (Å²) in [5.74, 6) is 2.72. The molecule has 0 bridgehead atoms. The summed E-state index contributed by atoms with van der Waals surface area (Å²) < 4.78 is 5.21. The largest absolute Gasteiger partial charge is 0.497 e. The molecule has 1 aliphatic heterocycles. The molecule has 0 atom stereocenters. The zero-order chi connectivity index (χ0) is 17.9. The number of para-hydroxylation sites is 1. The standard InChI is InChI=1S/C20H22N4O/c1-20(2,3)24-19-18(21-15-8-6-5-7-9-15)22-17(23-19)14-10-12-16(25-4)13-11-14/h5-13H,1-4H3,(H,21,22,23,24). The first-order valence-corrected chi connectivity index (χ1v) is 8.19. The normalized spacial score (nSPS) is 15.8. The number of nitrogens with one attached hydrogen (secondary N) is 1. The van der Waals surface area contributed by atoms with E-state index in [0.29, 0.717) is 17.5 Å². The number of methoxy groups -OCH3 is 1. The van der Waals surface area contributed by atoms with Crippen molar-refractivity contribution in [3.63, 3.8) is 0 Å². The third-order valence-corrected chi connectivity index (χ3v) is 3.47. The number of rotatable bonds is 3. The maximum atomic E-state index is 5.21. The average Bonchev–Trinajstić information content (AvgIpc) is 2.96. The number of ether oxygens (including phenoxy) is 1. The molecule has 0 aliphatic carbocycles. The van der Waals surface area contributed by atoms with Crippen molar-refractivity contribution in [3.05, 3.63) is 60.2 Å². The minimum absolute atomic E-state index is 0.138. The van der Waals surface area contributed by atoms with E-state index >= 15 is 0 Å². The van der Waals surface area contributed by atoms with Crippen LogP contribution in [0.15, 0.2) is 69.6 Å². The molecule has 2 aromatic rings. The SMILES string of the molecule is COc1ccc(C2=N/C(=N\c3ccccc3)C(NC(C)(C)C)=N2)cc1. The van der Waals surface area contributed by atoms with Gasteiger partial charge < -0.3 is 10.1 Å². The predicted molar refractivity (Wildman–Crippen MR) is 103 cm³/mol. The van der Waals surface area contributed by atoms with Crippen molar-refractivity contribution >= 4 is 23.2 Å². The third-order valence-electron chi connectivity index (χ3n) is 3.47. The molecule has 5 heteroatoms. The number of aliphatic imine (C=N–C) groups is 3. The summed E-state index contributed by atoms with van der Waals surface area (Å²) in [6, 6.07) is 17.5. The third kappa shape index (κ3) is 4.32. The first kappa shape index (κ1) is 16.9. The quantitative estimate of drug-likeness (QED) is 0.923. The molecule has 128 valence electrons. The lowest BCUT2D eigenvalue weighted by Crippen LogP contribution is -2.43. The van der Waals surface area contributed by atoms with E-state index in [2.05, 4.69) is 41.1 Å². The topological polar surface area (TPSA) is 58.3 Å². The number of amidine groups is 3. The van der Waals surface area contributed by atoms with E-state index in [1.165, 1.54) is 0 Å². The van der Waals surface area contributed by atoms with Crippen LogP contribution < -0.4 is 10.1 Å². The summed E-state index contributed by atoms with van der Waals surface area (Å²) in [6.45, 7) is 6.25. The first-order valence-electron chi connectivity index (χ1n) is 8.19. The molecule has 0 radical (unpaired) electrons. The van der Waals surface area contributed by atoms with Crippen LogP contribution >= 0.6 is 0 Å². The Hall–Kier alpha value is -2.95. The number of hydrogen-bond acceptors (Lipinski definition) is 4. The van der Waals surface area contributed by atoms with Gasteiger partial charge in [-0.1, -0.05) is 18.2 Å². The van der Waals surface area contributed by atoms with Crippen LogP contribution in [0, 0.1) is 0 Å². The molecule has 1 heterocycles. The molecule has 1 aliphatic rings. The molecule has 0 amide bonds. The van der Waals surface area contributed by atoms with Gasteiger partial charge in [0.1, 0.15) is 5.75 Å². The zero-order valence-corrected chi connectivity index (χ0v) is 14.9. The summed E-state index contributed by atoms with van der Waals surface area (Å²) in [5, 5.41) is 3.39. The molecule has 0 saturated heterocycles. The highest BCUT2D eigenvalue weighted by Gasteiger charge is 2.23. The van der Waals surface area contributed by atoms with E-state index in [1.54, 1.807) is 7.11 Å². The maximum absolute atomic E-state index is 5.21. The van der Waals surface area contributed by atoms with Crippen LogP contribution in [0.25, 0.3) is 0 Å². The molecule has 5 nitrogen and oxygen atoms in total. The van der Waals surface area contributed by atoms with Gasteiger partial charge in [-0.2, -0.15) is 0 Å². The fourth-order valence-electron chi connectivity index (χ4n) is 2.35. The molecule has 25 heavy (non-hydrogen) atoms. The Balaban J connectivity index is 1.97. The van der Waals surface area contributed by atoms with E-state index in [9.17, 15) is 0 Å². The Morgan fingerprint density at radius 1 is 0.920 bits per heavy atom. The van der Waals surface area contributed by atoms with Gasteiger partial charge in [0.05, 0.1) is 12.8 Å². The van der Waals surface area contributed by atoms with Crippen molar-refractivity contribution in [1.29, 1.82) is 0 Å². The molecule has 0 spiro atoms. The Kier molecular flexibility index (Phi) is 4.65. The lowest BCUT2D eigenvalue weighted by atomic mass is 10.1. The number of hydrogen-bond donors (Lipinski definition) is 1. The fraction of sp³-hybridized carbons (Fsp3) is 0.250. The molecule has 0 aromatic heterocycles. The second kappa shape index (κ2) is 6.89. The first-order chi connectivity index (χ1) is 11.9. The van der Waals surface area contributed by atoms with E-state index in [4.69, 9.17) is 4.74 Å². The van der Waals surface area contributed by atoms with Crippen molar-refractivity contribution in [1.82, 2.24) is 5.32 Å². The van der Waals surface area contributed by atoms with Gasteiger partial charge >= 0.3 is 0 Å². The maximum Gasteiger partial charge on any atom is 0.198 e. The van der Waals surface area contributed by atoms with Crippen LogP contribution in [0.1, 0.15) is 26.3 Å². The van der Waals surface area contributed by atoms with Gasteiger partial charge in [0, 0.05) is 11.1 Å². The smallest absolute Gasteiger partial charge is 0.198 e. The minimum atomic E-state index is -0.138. The van der Waals surface area contributed by atoms with Crippen molar-refractivity contribution in [2.45, 2.75) is 26.3 Å². The van der Waals surface area contributed by atoms with Crippen LogP contribution in [0.2, 0.25) is 0 Å². The van der Waals surface area contributed by atoms with Gasteiger partial charge in [-0.15, -0.1) is 0 Å². The fourth-order valence-corrected chi connectivity index (χ4v) is 2.35. The van der Waals surface area contributed by atoms with E-state index in [1.807, 2.05) is 54.6 Å². The number of nitrogens with zero attached hydrogens (tertiary/aromatic N) is 3. The van der Waals surface area contributed by atoms with Crippen molar-refractivity contribution in [3.8, 4) is 5.75 Å². The zero-order valence-electron chi connectivity index (χ0n) is 14.9. The molecule has 0 saturated carbocycles. The summed E-state index contributed by atoms with van der Waals surface area (Å²) in [6.07, 6.45) is 0. The van der Waals surface area contributed by atoms with Crippen LogP contribution in [-0.4, -0.2) is 30.2 Å². The van der Waals surface area contributed by atoms with E-state index in [0.717, 1.165) is 17.0 Å². The molecule has 3 rings (SSSR count). The Labute approximate surface area is 148 Å². The van der Waals surface area contributed by atoms with Crippen LogP contribution in [0.5, 0.6) is 5.75 Å².